The van der Waals surface area contributed by atoms with Gasteiger partial charge in [-0.15, -0.1) is 11.8 Å². The molecule has 0 N–H and O–H groups in total. The molecule has 0 radical (unpaired) electrons. The summed E-state index contributed by atoms with van der Waals surface area (Å²) in [4.78, 5) is 14.5. The summed E-state index contributed by atoms with van der Waals surface area (Å²) in [6.07, 6.45) is 4.36. The molecule has 30 heavy (non-hydrogen) atoms. The Balaban J connectivity index is 2.17. The van der Waals surface area contributed by atoms with Crippen molar-refractivity contribution in [3.05, 3.63) is 60.2 Å². The number of carbonyl (C=O) groups excluding carboxylic acids is 1. The number of amides is 1. The van der Waals surface area contributed by atoms with Gasteiger partial charge < -0.3 is 14.4 Å². The third-order valence-electron chi connectivity index (χ3n) is 5.00. The highest BCUT2D eigenvalue weighted by Crippen LogP contribution is 2.40. The van der Waals surface area contributed by atoms with Gasteiger partial charge in [0.25, 0.3) is 0 Å². The van der Waals surface area contributed by atoms with Crippen LogP contribution in [0.4, 0.5) is 4.79 Å². The number of nitrogens with zero attached hydrogens (tertiary/aromatic N) is 1. The minimum Gasteiger partial charge on any atom is -0.494 e. The van der Waals surface area contributed by atoms with E-state index in [1.54, 1.807) is 25.9 Å². The minimum atomic E-state index is -0.397. The van der Waals surface area contributed by atoms with Crippen LogP contribution in [0.2, 0.25) is 0 Å². The summed E-state index contributed by atoms with van der Waals surface area (Å²) in [5.41, 5.74) is 2.19. The quantitative estimate of drug-likeness (QED) is 0.439. The van der Waals surface area contributed by atoms with Gasteiger partial charge >= 0.3 is 6.09 Å². The van der Waals surface area contributed by atoms with E-state index in [9.17, 15) is 4.79 Å². The van der Waals surface area contributed by atoms with E-state index in [0.717, 1.165) is 17.7 Å². The van der Waals surface area contributed by atoms with Crippen molar-refractivity contribution in [3.63, 3.8) is 0 Å². The van der Waals surface area contributed by atoms with E-state index in [1.807, 2.05) is 36.4 Å². The highest BCUT2D eigenvalue weighted by molar-refractivity contribution is 7.98. The Morgan fingerprint density at radius 1 is 1.13 bits per heavy atom. The summed E-state index contributed by atoms with van der Waals surface area (Å²) < 4.78 is 11.4. The van der Waals surface area contributed by atoms with Crippen LogP contribution in [0.3, 0.4) is 0 Å². The van der Waals surface area contributed by atoms with E-state index < -0.39 is 6.09 Å². The van der Waals surface area contributed by atoms with Gasteiger partial charge in [0.1, 0.15) is 11.5 Å². The highest BCUT2D eigenvalue weighted by Gasteiger charge is 2.28. The fraction of sp³-hybridized carbons (Fsp3) is 0.400. The van der Waals surface area contributed by atoms with E-state index in [0.29, 0.717) is 12.4 Å². The fourth-order valence-corrected chi connectivity index (χ4v) is 3.73. The molecule has 0 fully saturated rings. The van der Waals surface area contributed by atoms with Crippen LogP contribution in [0.15, 0.2) is 53.9 Å². The molecule has 0 aliphatic rings. The van der Waals surface area contributed by atoms with Gasteiger partial charge in [0, 0.05) is 19.0 Å². The van der Waals surface area contributed by atoms with Crippen LogP contribution in [-0.2, 0) is 0 Å². The van der Waals surface area contributed by atoms with Crippen molar-refractivity contribution >= 4 is 23.9 Å². The number of carbonyl (C=O) groups is 1. The molecule has 2 aromatic rings. The Morgan fingerprint density at radius 3 is 2.30 bits per heavy atom. The monoisotopic (exact) mass is 427 g/mol. The van der Waals surface area contributed by atoms with Crippen LogP contribution >= 0.6 is 11.8 Å². The Hall–Kier alpha value is -2.40. The largest absolute Gasteiger partial charge is 0.494 e. The van der Waals surface area contributed by atoms with Crippen LogP contribution in [0.25, 0.3) is 6.08 Å². The van der Waals surface area contributed by atoms with Crippen molar-refractivity contribution in [1.82, 2.24) is 4.90 Å². The Kier molecular flexibility index (Phi) is 8.42. The molecule has 2 rings (SSSR count). The number of benzene rings is 2. The van der Waals surface area contributed by atoms with E-state index in [4.69, 9.17) is 9.47 Å². The maximum Gasteiger partial charge on any atom is 0.414 e. The zero-order valence-electron chi connectivity index (χ0n) is 18.9. The van der Waals surface area contributed by atoms with E-state index in [2.05, 4.69) is 45.7 Å². The maximum absolute atomic E-state index is 11.9. The lowest BCUT2D eigenvalue weighted by molar-refractivity contribution is 0.172. The SMILES string of the molecule is C=Cc1cc(OC(=O)N(C)C)ccc1C(CCOc1ccc(SC)cc1)C(C)(C)C. The van der Waals surface area contributed by atoms with Crippen LogP contribution in [0, 0.1) is 5.41 Å². The lowest BCUT2D eigenvalue weighted by Crippen LogP contribution is -2.25. The third kappa shape index (κ3) is 6.56. The summed E-state index contributed by atoms with van der Waals surface area (Å²) in [7, 11) is 3.32. The van der Waals surface area contributed by atoms with Crippen LogP contribution < -0.4 is 9.47 Å². The zero-order valence-corrected chi connectivity index (χ0v) is 19.7. The molecule has 2 aromatic carbocycles. The molecule has 162 valence electrons. The lowest BCUT2D eigenvalue weighted by atomic mass is 9.73. The summed E-state index contributed by atoms with van der Waals surface area (Å²) in [6, 6.07) is 13.9. The van der Waals surface area contributed by atoms with Crippen molar-refractivity contribution < 1.29 is 14.3 Å². The summed E-state index contributed by atoms with van der Waals surface area (Å²) in [5, 5.41) is 0. The van der Waals surface area contributed by atoms with Crippen LogP contribution in [0.1, 0.15) is 44.2 Å². The van der Waals surface area contributed by atoms with Gasteiger partial charge in [-0.3, -0.25) is 0 Å². The second kappa shape index (κ2) is 10.6. The van der Waals surface area contributed by atoms with Crippen molar-refractivity contribution in [1.29, 1.82) is 0 Å². The second-order valence-electron chi connectivity index (χ2n) is 8.49. The Morgan fingerprint density at radius 2 is 1.77 bits per heavy atom. The molecular formula is C25H33NO3S. The predicted octanol–water partition coefficient (Wildman–Crippen LogP) is 6.71. The van der Waals surface area contributed by atoms with Crippen molar-refractivity contribution in [2.24, 2.45) is 5.41 Å². The van der Waals surface area contributed by atoms with Gasteiger partial charge in [0.15, 0.2) is 0 Å². The van der Waals surface area contributed by atoms with E-state index in [-0.39, 0.29) is 11.3 Å². The first kappa shape index (κ1) is 23.9. The van der Waals surface area contributed by atoms with Gasteiger partial charge in [-0.2, -0.15) is 0 Å². The average Bonchev–Trinajstić information content (AvgIpc) is 2.71. The topological polar surface area (TPSA) is 38.8 Å². The molecule has 0 aliphatic heterocycles. The molecule has 4 nitrogen and oxygen atoms in total. The van der Waals surface area contributed by atoms with Crippen molar-refractivity contribution in [2.75, 3.05) is 27.0 Å². The molecule has 1 atom stereocenters. The molecule has 0 aliphatic carbocycles. The van der Waals surface area contributed by atoms with Gasteiger partial charge in [0.2, 0.25) is 0 Å². The zero-order chi connectivity index (χ0) is 22.3. The lowest BCUT2D eigenvalue weighted by Gasteiger charge is -2.32. The molecule has 0 spiro atoms. The Bertz CT molecular complexity index is 854. The standard InChI is InChI=1S/C25H33NO3S/c1-8-18-17-20(29-24(27)26(5)6)11-14-22(18)23(25(2,3)4)15-16-28-19-9-12-21(30-7)13-10-19/h8-14,17,23H,1,15-16H2,2-7H3. The van der Waals surface area contributed by atoms with Crippen molar-refractivity contribution in [3.8, 4) is 11.5 Å². The van der Waals surface area contributed by atoms with Gasteiger partial charge in [-0.25, -0.2) is 4.79 Å². The first-order valence-corrected chi connectivity index (χ1v) is 11.3. The number of hydrogen-bond donors (Lipinski definition) is 0. The molecule has 0 saturated carbocycles. The van der Waals surface area contributed by atoms with Crippen LogP contribution in [0.5, 0.6) is 11.5 Å². The third-order valence-corrected chi connectivity index (χ3v) is 5.75. The number of ether oxygens (including phenoxy) is 2. The maximum atomic E-state index is 11.9. The molecule has 0 bridgehead atoms. The molecular weight excluding hydrogens is 394 g/mol. The normalized spacial score (nSPS) is 12.2. The smallest absolute Gasteiger partial charge is 0.414 e. The molecule has 5 heteroatoms. The summed E-state index contributed by atoms with van der Waals surface area (Å²) in [6.45, 7) is 11.3. The molecule has 0 aromatic heterocycles. The van der Waals surface area contributed by atoms with E-state index >= 15 is 0 Å². The molecule has 0 saturated heterocycles. The van der Waals surface area contributed by atoms with Crippen molar-refractivity contribution in [2.45, 2.75) is 38.0 Å². The highest BCUT2D eigenvalue weighted by atomic mass is 32.2. The molecule has 0 heterocycles. The van der Waals surface area contributed by atoms with Crippen LogP contribution in [-0.4, -0.2) is 38.0 Å². The predicted molar refractivity (Wildman–Crippen MR) is 127 cm³/mol. The second-order valence-corrected chi connectivity index (χ2v) is 9.37. The summed E-state index contributed by atoms with van der Waals surface area (Å²) >= 11 is 1.72. The fourth-order valence-electron chi connectivity index (χ4n) is 3.32. The molecule has 1 unspecified atom stereocenters. The van der Waals surface area contributed by atoms with E-state index in [1.165, 1.54) is 15.4 Å². The first-order valence-electron chi connectivity index (χ1n) is 10.1. The first-order chi connectivity index (χ1) is 14.2. The Labute approximate surface area is 185 Å². The number of thioether (sulfide) groups is 1. The van der Waals surface area contributed by atoms with Gasteiger partial charge in [0.05, 0.1) is 6.61 Å². The van der Waals surface area contributed by atoms with Gasteiger partial charge in [-0.05, 0) is 71.5 Å². The number of hydrogen-bond acceptors (Lipinski definition) is 4. The molecule has 1 amide bonds. The van der Waals surface area contributed by atoms with Gasteiger partial charge in [-0.1, -0.05) is 39.5 Å². The summed E-state index contributed by atoms with van der Waals surface area (Å²) in [5.74, 6) is 1.66. The minimum absolute atomic E-state index is 0.0334. The number of rotatable bonds is 8. The average molecular weight is 428 g/mol.